The third kappa shape index (κ3) is 4.23. The average molecular weight is 414 g/mol. The molecule has 3 rings (SSSR count). The van der Waals surface area contributed by atoms with E-state index >= 15 is 0 Å². The molecular formula is C22H25N2O4S-. The summed E-state index contributed by atoms with van der Waals surface area (Å²) < 4.78 is 11.2. The molecule has 1 aromatic rings. The first-order valence-corrected chi connectivity index (χ1v) is 10.3. The van der Waals surface area contributed by atoms with Crippen LogP contribution in [0.25, 0.3) is 0 Å². The van der Waals surface area contributed by atoms with Crippen LogP contribution in [0.5, 0.6) is 0 Å². The molecule has 29 heavy (non-hydrogen) atoms. The van der Waals surface area contributed by atoms with Crippen LogP contribution in [0.2, 0.25) is 0 Å². The number of carbonyl (C=O) groups is 1. The maximum absolute atomic E-state index is 13.0. The Bertz CT molecular complexity index is 864. The van der Waals surface area contributed by atoms with E-state index in [0.29, 0.717) is 24.3 Å². The number of thiocarbonyl (C=S) groups is 1. The largest absolute Gasteiger partial charge is 0.574 e. The Labute approximate surface area is 176 Å². The molecule has 2 N–H and O–H groups in total. The Morgan fingerprint density at radius 2 is 1.76 bits per heavy atom. The zero-order valence-electron chi connectivity index (χ0n) is 16.6. The van der Waals surface area contributed by atoms with E-state index in [1.165, 1.54) is 0 Å². The van der Waals surface area contributed by atoms with Crippen molar-refractivity contribution < 1.29 is 19.4 Å². The van der Waals surface area contributed by atoms with Gasteiger partial charge in [0.25, 0.3) is 0 Å². The van der Waals surface area contributed by atoms with E-state index in [-0.39, 0.29) is 10.6 Å². The van der Waals surface area contributed by atoms with E-state index in [4.69, 9.17) is 27.4 Å². The number of hydrogen-bond donors (Lipinski definition) is 1. The highest BCUT2D eigenvalue weighted by atomic mass is 32.1. The molecule has 1 aliphatic heterocycles. The number of carbonyl (C=O) groups excluding carboxylic acids is 1. The maximum atomic E-state index is 13.0. The van der Waals surface area contributed by atoms with Crippen molar-refractivity contribution >= 4 is 23.2 Å². The molecule has 6 nitrogen and oxygen atoms in total. The van der Waals surface area contributed by atoms with Gasteiger partial charge >= 0.3 is 5.97 Å². The summed E-state index contributed by atoms with van der Waals surface area (Å²) in [5.41, 5.74) is 7.25. The third-order valence-corrected chi connectivity index (χ3v) is 5.92. The second-order valence-electron chi connectivity index (χ2n) is 7.97. The van der Waals surface area contributed by atoms with Crippen LogP contribution in [0.4, 0.5) is 0 Å². The SMILES string of the molecule is CC(C)c1ccc(C(C2=C([O-])OC3(CCCCC3)OC2=O)C(C#N)C(N)=S)cc1. The molecule has 1 saturated carbocycles. The number of nitrogens with zero attached hydrogens (tertiary/aromatic N) is 1. The van der Waals surface area contributed by atoms with E-state index in [1.807, 2.05) is 18.2 Å². The predicted molar refractivity (Wildman–Crippen MR) is 109 cm³/mol. The second-order valence-corrected chi connectivity index (χ2v) is 8.44. The first kappa shape index (κ1) is 21.1. The minimum Gasteiger partial charge on any atom is -0.574 e. The molecule has 2 aliphatic rings. The van der Waals surface area contributed by atoms with Crippen molar-refractivity contribution in [3.8, 4) is 6.07 Å². The topological polar surface area (TPSA) is 108 Å². The van der Waals surface area contributed by atoms with Gasteiger partial charge in [-0.3, -0.25) is 0 Å². The number of rotatable bonds is 5. The lowest BCUT2D eigenvalue weighted by Gasteiger charge is -2.47. The Balaban J connectivity index is 2.06. The third-order valence-electron chi connectivity index (χ3n) is 5.66. The van der Waals surface area contributed by atoms with Gasteiger partial charge in [0.15, 0.2) is 5.79 Å². The highest BCUT2D eigenvalue weighted by molar-refractivity contribution is 7.80. The minimum atomic E-state index is -1.19. The highest BCUT2D eigenvalue weighted by Gasteiger charge is 2.43. The first-order valence-electron chi connectivity index (χ1n) is 9.90. The molecule has 0 radical (unpaired) electrons. The van der Waals surface area contributed by atoms with E-state index in [2.05, 4.69) is 13.8 Å². The van der Waals surface area contributed by atoms with Gasteiger partial charge in [-0.25, -0.2) is 4.79 Å². The Morgan fingerprint density at radius 1 is 1.17 bits per heavy atom. The van der Waals surface area contributed by atoms with Gasteiger partial charge in [-0.15, -0.1) is 0 Å². The van der Waals surface area contributed by atoms with Crippen LogP contribution in [-0.4, -0.2) is 16.7 Å². The molecule has 0 amide bonds. The van der Waals surface area contributed by atoms with Crippen molar-refractivity contribution in [2.45, 2.75) is 63.6 Å². The second kappa shape index (κ2) is 8.42. The summed E-state index contributed by atoms with van der Waals surface area (Å²) in [4.78, 5) is 12.9. The molecule has 2 unspecified atom stereocenters. The molecule has 1 fully saturated rings. The van der Waals surface area contributed by atoms with Crippen LogP contribution < -0.4 is 10.8 Å². The highest BCUT2D eigenvalue weighted by Crippen LogP contribution is 2.43. The van der Waals surface area contributed by atoms with Gasteiger partial charge in [0.2, 0.25) is 0 Å². The lowest BCUT2D eigenvalue weighted by molar-refractivity contribution is -0.402. The number of nitrogens with two attached hydrogens (primary N) is 1. The van der Waals surface area contributed by atoms with Gasteiger partial charge in [0, 0.05) is 5.92 Å². The number of benzene rings is 1. The van der Waals surface area contributed by atoms with E-state index in [0.717, 1.165) is 24.8 Å². The number of ether oxygens (including phenoxy) is 2. The summed E-state index contributed by atoms with van der Waals surface area (Å²) >= 11 is 5.06. The lowest BCUT2D eigenvalue weighted by atomic mass is 9.80. The molecule has 1 heterocycles. The standard InChI is InChI=1S/C22H26N2O4S/c1-13(2)14-6-8-15(9-7-14)17(16(12-23)19(24)29)18-20(25)27-22(28-21(18)26)10-4-3-5-11-22/h6-9,13,16-17,25H,3-5,10-11H2,1-2H3,(H2,24,29)/p-1. The fraction of sp³-hybridized carbons (Fsp3) is 0.500. The molecular weight excluding hydrogens is 388 g/mol. The molecule has 1 aliphatic carbocycles. The minimum absolute atomic E-state index is 0.0866. The van der Waals surface area contributed by atoms with Crippen LogP contribution in [0.3, 0.4) is 0 Å². The Kier molecular flexibility index (Phi) is 6.13. The van der Waals surface area contributed by atoms with Crippen molar-refractivity contribution in [2.24, 2.45) is 11.7 Å². The summed E-state index contributed by atoms with van der Waals surface area (Å²) in [6, 6.07) is 9.44. The van der Waals surface area contributed by atoms with Crippen molar-refractivity contribution in [1.29, 1.82) is 5.26 Å². The van der Waals surface area contributed by atoms with Gasteiger partial charge in [-0.1, -0.05) is 56.8 Å². The van der Waals surface area contributed by atoms with Crippen molar-refractivity contribution in [2.75, 3.05) is 0 Å². The fourth-order valence-electron chi connectivity index (χ4n) is 4.02. The monoisotopic (exact) mass is 413 g/mol. The molecule has 1 aromatic carbocycles. The van der Waals surface area contributed by atoms with Crippen molar-refractivity contribution in [3.63, 3.8) is 0 Å². The van der Waals surface area contributed by atoms with E-state index in [9.17, 15) is 15.2 Å². The smallest absolute Gasteiger partial charge is 0.337 e. The summed E-state index contributed by atoms with van der Waals surface area (Å²) in [5.74, 6) is -4.36. The number of hydrogen-bond acceptors (Lipinski definition) is 6. The quantitative estimate of drug-likeness (QED) is 0.583. The van der Waals surface area contributed by atoms with Crippen molar-refractivity contribution in [1.82, 2.24) is 0 Å². The number of nitriles is 1. The molecule has 7 heteroatoms. The normalized spacial score (nSPS) is 20.6. The van der Waals surface area contributed by atoms with Gasteiger partial charge in [-0.2, -0.15) is 5.26 Å². The van der Waals surface area contributed by atoms with Crippen LogP contribution >= 0.6 is 12.2 Å². The summed E-state index contributed by atoms with van der Waals surface area (Å²) in [6.45, 7) is 4.13. The zero-order chi connectivity index (χ0) is 21.2. The number of esters is 1. The summed E-state index contributed by atoms with van der Waals surface area (Å²) in [7, 11) is 0. The van der Waals surface area contributed by atoms with E-state index in [1.54, 1.807) is 12.1 Å². The zero-order valence-corrected chi connectivity index (χ0v) is 17.5. The van der Waals surface area contributed by atoms with Crippen LogP contribution in [0.15, 0.2) is 35.8 Å². The molecule has 0 bridgehead atoms. The van der Waals surface area contributed by atoms with Crippen LogP contribution in [-0.2, 0) is 14.3 Å². The Hall–Kier alpha value is -2.59. The first-order chi connectivity index (χ1) is 13.8. The predicted octanol–water partition coefficient (Wildman–Crippen LogP) is 3.13. The van der Waals surface area contributed by atoms with Gasteiger partial charge in [0.05, 0.1) is 22.6 Å². The fourth-order valence-corrected chi connectivity index (χ4v) is 4.21. The van der Waals surface area contributed by atoms with Gasteiger partial charge in [0.1, 0.15) is 5.92 Å². The maximum Gasteiger partial charge on any atom is 0.337 e. The van der Waals surface area contributed by atoms with Gasteiger partial charge in [-0.05, 0) is 42.7 Å². The van der Waals surface area contributed by atoms with Crippen LogP contribution in [0.1, 0.15) is 68.9 Å². The van der Waals surface area contributed by atoms with E-state index < -0.39 is 29.5 Å². The molecule has 0 aromatic heterocycles. The molecule has 154 valence electrons. The Morgan fingerprint density at radius 3 is 2.24 bits per heavy atom. The molecule has 2 atom stereocenters. The van der Waals surface area contributed by atoms with Crippen LogP contribution in [0, 0.1) is 17.2 Å². The van der Waals surface area contributed by atoms with Gasteiger partial charge < -0.3 is 20.3 Å². The summed E-state index contributed by atoms with van der Waals surface area (Å²) in [5, 5.41) is 22.6. The molecule has 0 saturated heterocycles. The average Bonchev–Trinajstić information content (AvgIpc) is 2.67. The molecule has 1 spiro atoms. The van der Waals surface area contributed by atoms with Crippen molar-refractivity contribution in [3.05, 3.63) is 46.9 Å². The lowest BCUT2D eigenvalue weighted by Crippen LogP contribution is -2.47. The summed E-state index contributed by atoms with van der Waals surface area (Å²) in [6.07, 6.45) is 3.63.